The first-order valence-electron chi connectivity index (χ1n) is 5.80. The molecule has 0 spiro atoms. The molecule has 0 aromatic heterocycles. The van der Waals surface area contributed by atoms with Crippen LogP contribution in [-0.2, 0) is 0 Å². The Bertz CT molecular complexity index is 340. The number of hydrogen-bond acceptors (Lipinski definition) is 3. The van der Waals surface area contributed by atoms with Gasteiger partial charge in [-0.3, -0.25) is 9.80 Å². The Hall–Kier alpha value is -1.24. The lowest BCUT2D eigenvalue weighted by Gasteiger charge is -2.39. The minimum Gasteiger partial charge on any atom is -0.290 e. The molecule has 1 aliphatic heterocycles. The van der Waals surface area contributed by atoms with Crippen LogP contribution in [0.25, 0.3) is 0 Å². The lowest BCUT2D eigenvalue weighted by atomic mass is 10.1. The molecule has 0 aliphatic carbocycles. The first-order valence-corrected chi connectivity index (χ1v) is 5.80. The molecule has 1 heterocycles. The zero-order chi connectivity index (χ0) is 13.6. The first kappa shape index (κ1) is 14.8. The molecule has 18 heavy (non-hydrogen) atoms. The molecule has 0 aromatic rings. The van der Waals surface area contributed by atoms with Crippen molar-refractivity contribution < 1.29 is 13.2 Å². The van der Waals surface area contributed by atoms with Crippen LogP contribution in [0.15, 0.2) is 0 Å². The fourth-order valence-electron chi connectivity index (χ4n) is 2.13. The molecule has 0 amide bonds. The summed E-state index contributed by atoms with van der Waals surface area (Å²) in [6.07, 6.45) is 0.262. The number of terminal acetylenes is 1. The Labute approximate surface area is 105 Å². The van der Waals surface area contributed by atoms with Crippen molar-refractivity contribution in [1.82, 2.24) is 9.80 Å². The standard InChI is InChI=1S/C12H16F3N3/c1-2-6-17-8-9-18(7-5-16)11(10-17)3-4-12(13,14)15/h1,11H,3-4,6-10H2. The van der Waals surface area contributed by atoms with Crippen LogP contribution < -0.4 is 0 Å². The first-order chi connectivity index (χ1) is 8.46. The van der Waals surface area contributed by atoms with Gasteiger partial charge in [0.05, 0.1) is 19.2 Å². The van der Waals surface area contributed by atoms with Crippen molar-refractivity contribution in [2.45, 2.75) is 25.1 Å². The highest BCUT2D eigenvalue weighted by atomic mass is 19.4. The van der Waals surface area contributed by atoms with Crippen molar-refractivity contribution >= 4 is 0 Å². The molecule has 0 radical (unpaired) electrons. The van der Waals surface area contributed by atoms with E-state index >= 15 is 0 Å². The smallest absolute Gasteiger partial charge is 0.290 e. The van der Waals surface area contributed by atoms with Gasteiger partial charge in [0.15, 0.2) is 0 Å². The molecule has 1 saturated heterocycles. The number of nitrogens with zero attached hydrogens (tertiary/aromatic N) is 3. The number of piperazine rings is 1. The maximum atomic E-state index is 12.2. The van der Waals surface area contributed by atoms with Gasteiger partial charge in [0.25, 0.3) is 0 Å². The minimum atomic E-state index is -4.15. The monoisotopic (exact) mass is 259 g/mol. The van der Waals surface area contributed by atoms with Gasteiger partial charge in [-0.15, -0.1) is 6.42 Å². The highest BCUT2D eigenvalue weighted by Gasteiger charge is 2.32. The molecule has 1 rings (SSSR count). The van der Waals surface area contributed by atoms with Crippen molar-refractivity contribution in [1.29, 1.82) is 5.26 Å². The average molecular weight is 259 g/mol. The minimum absolute atomic E-state index is 0.0201. The molecular weight excluding hydrogens is 243 g/mol. The van der Waals surface area contributed by atoms with Gasteiger partial charge >= 0.3 is 6.18 Å². The third-order valence-electron chi connectivity index (χ3n) is 3.04. The van der Waals surface area contributed by atoms with Crippen molar-refractivity contribution in [3.8, 4) is 18.4 Å². The summed E-state index contributed by atoms with van der Waals surface area (Å²) in [6, 6.07) is 1.75. The molecular formula is C12H16F3N3. The number of nitriles is 1. The predicted molar refractivity (Wildman–Crippen MR) is 61.5 cm³/mol. The van der Waals surface area contributed by atoms with Crippen LogP contribution in [0.3, 0.4) is 0 Å². The number of hydrogen-bond donors (Lipinski definition) is 0. The van der Waals surface area contributed by atoms with Gasteiger partial charge in [0.2, 0.25) is 0 Å². The summed E-state index contributed by atoms with van der Waals surface area (Å²) in [5, 5.41) is 8.67. The molecule has 1 aliphatic rings. The van der Waals surface area contributed by atoms with E-state index in [1.165, 1.54) is 0 Å². The van der Waals surface area contributed by atoms with Crippen molar-refractivity contribution in [2.75, 3.05) is 32.7 Å². The highest BCUT2D eigenvalue weighted by molar-refractivity contribution is 4.93. The number of rotatable bonds is 4. The van der Waals surface area contributed by atoms with E-state index in [9.17, 15) is 13.2 Å². The molecule has 100 valence electrons. The van der Waals surface area contributed by atoms with Gasteiger partial charge in [-0.2, -0.15) is 18.4 Å². The van der Waals surface area contributed by atoms with E-state index in [1.807, 2.05) is 11.0 Å². The average Bonchev–Trinajstić information content (AvgIpc) is 2.29. The van der Waals surface area contributed by atoms with E-state index < -0.39 is 12.6 Å². The van der Waals surface area contributed by atoms with Crippen molar-refractivity contribution in [3.63, 3.8) is 0 Å². The Balaban J connectivity index is 2.55. The summed E-state index contributed by atoms with van der Waals surface area (Å²) < 4.78 is 36.7. The lowest BCUT2D eigenvalue weighted by Crippen LogP contribution is -2.53. The summed E-state index contributed by atoms with van der Waals surface area (Å²) >= 11 is 0. The van der Waals surface area contributed by atoms with Crippen LogP contribution >= 0.6 is 0 Å². The van der Waals surface area contributed by atoms with Gasteiger partial charge < -0.3 is 0 Å². The van der Waals surface area contributed by atoms with Crippen LogP contribution in [0.4, 0.5) is 13.2 Å². The molecule has 3 nitrogen and oxygen atoms in total. The Morgan fingerprint density at radius 2 is 2.00 bits per heavy atom. The van der Waals surface area contributed by atoms with Gasteiger partial charge in [0, 0.05) is 32.1 Å². The second-order valence-electron chi connectivity index (χ2n) is 4.38. The van der Waals surface area contributed by atoms with Crippen LogP contribution in [0, 0.1) is 23.7 Å². The lowest BCUT2D eigenvalue weighted by molar-refractivity contribution is -0.139. The molecule has 1 unspecified atom stereocenters. The zero-order valence-electron chi connectivity index (χ0n) is 10.1. The topological polar surface area (TPSA) is 30.3 Å². The van der Waals surface area contributed by atoms with Crippen LogP contribution in [-0.4, -0.2) is 54.7 Å². The Morgan fingerprint density at radius 3 is 2.56 bits per heavy atom. The van der Waals surface area contributed by atoms with E-state index in [2.05, 4.69) is 5.92 Å². The van der Waals surface area contributed by atoms with Gasteiger partial charge in [-0.05, 0) is 6.42 Å². The zero-order valence-corrected chi connectivity index (χ0v) is 10.1. The predicted octanol–water partition coefficient (Wildman–Crippen LogP) is 1.47. The molecule has 1 atom stereocenters. The third-order valence-corrected chi connectivity index (χ3v) is 3.04. The molecule has 0 bridgehead atoms. The molecule has 0 N–H and O–H groups in total. The molecule has 6 heteroatoms. The van der Waals surface area contributed by atoms with E-state index in [1.54, 1.807) is 4.90 Å². The van der Waals surface area contributed by atoms with Gasteiger partial charge in [-0.1, -0.05) is 5.92 Å². The normalized spacial score (nSPS) is 22.4. The van der Waals surface area contributed by atoms with Crippen LogP contribution in [0.5, 0.6) is 0 Å². The molecule has 0 aromatic carbocycles. The second kappa shape index (κ2) is 6.63. The Morgan fingerprint density at radius 1 is 1.28 bits per heavy atom. The van der Waals surface area contributed by atoms with Crippen LogP contribution in [0.2, 0.25) is 0 Å². The fourth-order valence-corrected chi connectivity index (χ4v) is 2.13. The Kier molecular flexibility index (Phi) is 5.46. The van der Waals surface area contributed by atoms with Crippen molar-refractivity contribution in [2.24, 2.45) is 0 Å². The van der Waals surface area contributed by atoms with Gasteiger partial charge in [-0.25, -0.2) is 0 Å². The van der Waals surface area contributed by atoms with Crippen LogP contribution in [0.1, 0.15) is 12.8 Å². The fraction of sp³-hybridized carbons (Fsp3) is 0.750. The molecule has 1 fully saturated rings. The highest BCUT2D eigenvalue weighted by Crippen LogP contribution is 2.25. The second-order valence-corrected chi connectivity index (χ2v) is 4.38. The summed E-state index contributed by atoms with van der Waals surface area (Å²) in [5.74, 6) is 2.50. The maximum absolute atomic E-state index is 12.2. The summed E-state index contributed by atoms with van der Waals surface area (Å²) in [6.45, 7) is 2.42. The number of halogens is 3. The summed E-state index contributed by atoms with van der Waals surface area (Å²) in [4.78, 5) is 3.76. The summed E-state index contributed by atoms with van der Waals surface area (Å²) in [7, 11) is 0. The maximum Gasteiger partial charge on any atom is 0.389 e. The van der Waals surface area contributed by atoms with Gasteiger partial charge in [0.1, 0.15) is 0 Å². The molecule has 0 saturated carbocycles. The van der Waals surface area contributed by atoms with E-state index in [0.717, 1.165) is 0 Å². The van der Waals surface area contributed by atoms with E-state index in [-0.39, 0.29) is 19.0 Å². The SMILES string of the molecule is C#CCN1CCN(CC#N)C(CCC(F)(F)F)C1. The number of alkyl halides is 3. The van der Waals surface area contributed by atoms with E-state index in [4.69, 9.17) is 11.7 Å². The summed E-state index contributed by atoms with van der Waals surface area (Å²) in [5.41, 5.74) is 0. The van der Waals surface area contributed by atoms with E-state index in [0.29, 0.717) is 26.2 Å². The quantitative estimate of drug-likeness (QED) is 0.566. The largest absolute Gasteiger partial charge is 0.389 e. The third kappa shape index (κ3) is 4.95. The van der Waals surface area contributed by atoms with Crippen molar-refractivity contribution in [3.05, 3.63) is 0 Å².